The maximum Gasteiger partial charge on any atom is 1.00 e. The number of pyridine rings is 1. The van der Waals surface area contributed by atoms with Crippen LogP contribution >= 0.6 is 0 Å². The number of carbonyl (C=O) groups is 1. The van der Waals surface area contributed by atoms with Crippen LogP contribution in [-0.2, 0) is 0 Å². The van der Waals surface area contributed by atoms with E-state index >= 15 is 0 Å². The number of carbonyl (C=O) groups excluding carboxylic acids is 1. The molecule has 1 aliphatic carbocycles. The molecule has 1 saturated heterocycles. The van der Waals surface area contributed by atoms with E-state index in [2.05, 4.69) is 11.8 Å². The molecule has 29 heavy (non-hydrogen) atoms. The number of aromatic nitrogens is 1. The van der Waals surface area contributed by atoms with Gasteiger partial charge in [0, 0.05) is 43.8 Å². The standard InChI is InChI=1S/C21H26FN3O3.K/c1-2-3-6-23-7-9-24(10-8-23)19-12-18-15(11-17(19)22)20(26)16(21(27)28)13-25(18)14-4-5-14;/h11-14H,2-10H2,1H3,(H,27,28);/q;+1/p-1. The summed E-state index contributed by atoms with van der Waals surface area (Å²) in [5.41, 5.74) is -0.00206. The number of hydrogen-bond acceptors (Lipinski definition) is 5. The number of aromatic carboxylic acids is 1. The summed E-state index contributed by atoms with van der Waals surface area (Å²) in [5.74, 6) is -2.00. The fourth-order valence-electron chi connectivity index (χ4n) is 4.00. The molecule has 0 unspecified atom stereocenters. The van der Waals surface area contributed by atoms with Crippen molar-refractivity contribution < 1.29 is 65.7 Å². The van der Waals surface area contributed by atoms with Gasteiger partial charge in [-0.05, 0) is 37.9 Å². The van der Waals surface area contributed by atoms with Crippen LogP contribution in [0.1, 0.15) is 49.0 Å². The van der Waals surface area contributed by atoms with Crippen molar-refractivity contribution in [1.29, 1.82) is 0 Å². The first-order valence-corrected chi connectivity index (χ1v) is 10.1. The third-order valence-corrected chi connectivity index (χ3v) is 5.80. The number of rotatable bonds is 6. The fraction of sp³-hybridized carbons (Fsp3) is 0.524. The second-order valence-electron chi connectivity index (χ2n) is 7.80. The Balaban J connectivity index is 0.00000240. The van der Waals surface area contributed by atoms with Gasteiger partial charge in [-0.15, -0.1) is 0 Å². The topological polar surface area (TPSA) is 68.6 Å². The molecule has 0 N–H and O–H groups in total. The summed E-state index contributed by atoms with van der Waals surface area (Å²) in [6.07, 6.45) is 5.54. The number of carboxylic acids is 1. The van der Waals surface area contributed by atoms with Crippen LogP contribution in [-0.4, -0.2) is 48.2 Å². The van der Waals surface area contributed by atoms with Crippen LogP contribution in [0.4, 0.5) is 10.1 Å². The fourth-order valence-corrected chi connectivity index (χ4v) is 4.00. The monoisotopic (exact) mass is 425 g/mol. The van der Waals surface area contributed by atoms with Gasteiger partial charge < -0.3 is 19.4 Å². The van der Waals surface area contributed by atoms with Gasteiger partial charge in [0.2, 0.25) is 0 Å². The quantitative estimate of drug-likeness (QED) is 0.542. The summed E-state index contributed by atoms with van der Waals surface area (Å²) in [6.45, 7) is 6.48. The largest absolute Gasteiger partial charge is 1.00 e. The minimum absolute atomic E-state index is 0. The molecule has 2 fully saturated rings. The van der Waals surface area contributed by atoms with Crippen molar-refractivity contribution in [1.82, 2.24) is 9.47 Å². The van der Waals surface area contributed by atoms with Crippen molar-refractivity contribution in [2.75, 3.05) is 37.6 Å². The van der Waals surface area contributed by atoms with Gasteiger partial charge in [-0.25, -0.2) is 4.39 Å². The van der Waals surface area contributed by atoms with E-state index in [4.69, 9.17) is 0 Å². The molecular formula is C21H25FKN3O3. The normalized spacial score (nSPS) is 17.4. The molecule has 2 heterocycles. The van der Waals surface area contributed by atoms with Gasteiger partial charge in [-0.3, -0.25) is 9.69 Å². The summed E-state index contributed by atoms with van der Waals surface area (Å²) >= 11 is 0. The van der Waals surface area contributed by atoms with Crippen LogP contribution in [0.2, 0.25) is 0 Å². The van der Waals surface area contributed by atoms with Gasteiger partial charge in [0.15, 0.2) is 5.43 Å². The van der Waals surface area contributed by atoms with Crippen molar-refractivity contribution in [3.63, 3.8) is 0 Å². The molecule has 0 atom stereocenters. The van der Waals surface area contributed by atoms with Crippen molar-refractivity contribution in [3.05, 3.63) is 39.9 Å². The molecule has 1 saturated carbocycles. The van der Waals surface area contributed by atoms with E-state index in [1.807, 2.05) is 9.47 Å². The zero-order valence-corrected chi connectivity index (χ0v) is 20.2. The molecule has 8 heteroatoms. The molecule has 2 aliphatic rings. The first kappa shape index (κ1) is 22.9. The third-order valence-electron chi connectivity index (χ3n) is 5.80. The number of anilines is 1. The number of benzene rings is 1. The SMILES string of the molecule is CCCCN1CCN(c2cc3c(cc2F)c(=O)c(C(=O)[O-])cn3C2CC2)CC1.[K+]. The van der Waals surface area contributed by atoms with E-state index < -0.39 is 22.8 Å². The Kier molecular flexibility index (Phi) is 7.56. The van der Waals surface area contributed by atoms with E-state index in [9.17, 15) is 19.1 Å². The van der Waals surface area contributed by atoms with Crippen LogP contribution in [0.25, 0.3) is 10.9 Å². The second-order valence-corrected chi connectivity index (χ2v) is 7.80. The third kappa shape index (κ3) is 4.78. The Hall–Kier alpha value is -0.774. The first-order valence-electron chi connectivity index (χ1n) is 10.1. The second kappa shape index (κ2) is 9.57. The Bertz CT molecular complexity index is 966. The Labute approximate surface area is 212 Å². The van der Waals surface area contributed by atoms with E-state index in [-0.39, 0.29) is 62.8 Å². The number of unbranched alkanes of at least 4 members (excludes halogenated alkanes) is 1. The molecule has 150 valence electrons. The molecule has 1 aromatic carbocycles. The summed E-state index contributed by atoms with van der Waals surface area (Å²) < 4.78 is 16.7. The molecular weight excluding hydrogens is 400 g/mol. The molecule has 0 bridgehead atoms. The van der Waals surface area contributed by atoms with Crippen LogP contribution in [0.3, 0.4) is 0 Å². The smallest absolute Gasteiger partial charge is 0.545 e. The molecule has 0 amide bonds. The van der Waals surface area contributed by atoms with Crippen LogP contribution < -0.4 is 66.8 Å². The van der Waals surface area contributed by atoms with E-state index in [0.29, 0.717) is 11.2 Å². The van der Waals surface area contributed by atoms with Crippen LogP contribution in [0.5, 0.6) is 0 Å². The number of nitrogens with zero attached hydrogens (tertiary/aromatic N) is 3. The minimum Gasteiger partial charge on any atom is -0.545 e. The van der Waals surface area contributed by atoms with Gasteiger partial charge in [-0.2, -0.15) is 0 Å². The van der Waals surface area contributed by atoms with Gasteiger partial charge in [-0.1, -0.05) is 13.3 Å². The average molecular weight is 426 g/mol. The van der Waals surface area contributed by atoms with Crippen molar-refractivity contribution >= 4 is 22.6 Å². The number of hydrogen-bond donors (Lipinski definition) is 0. The predicted molar refractivity (Wildman–Crippen MR) is 104 cm³/mol. The van der Waals surface area contributed by atoms with Gasteiger partial charge in [0.05, 0.1) is 22.7 Å². The maximum atomic E-state index is 14.9. The first-order chi connectivity index (χ1) is 13.5. The van der Waals surface area contributed by atoms with E-state index in [1.54, 1.807) is 6.07 Å². The molecule has 4 rings (SSSR count). The molecule has 1 aliphatic heterocycles. The minimum atomic E-state index is -1.52. The van der Waals surface area contributed by atoms with E-state index in [0.717, 1.165) is 52.0 Å². The average Bonchev–Trinajstić information content (AvgIpc) is 3.52. The van der Waals surface area contributed by atoms with Gasteiger partial charge in [0.25, 0.3) is 0 Å². The molecule has 6 nitrogen and oxygen atoms in total. The molecule has 0 radical (unpaired) electrons. The van der Waals surface area contributed by atoms with Gasteiger partial charge >= 0.3 is 51.4 Å². The Morgan fingerprint density at radius 3 is 2.48 bits per heavy atom. The molecule has 0 spiro atoms. The van der Waals surface area contributed by atoms with Crippen LogP contribution in [0, 0.1) is 5.82 Å². The van der Waals surface area contributed by atoms with Crippen molar-refractivity contribution in [3.8, 4) is 0 Å². The number of halogens is 1. The van der Waals surface area contributed by atoms with Crippen LogP contribution in [0.15, 0.2) is 23.1 Å². The molecule has 1 aromatic heterocycles. The number of carboxylic acid groups (broad SMARTS) is 1. The zero-order chi connectivity index (χ0) is 19.8. The number of piperazine rings is 1. The van der Waals surface area contributed by atoms with E-state index in [1.165, 1.54) is 18.7 Å². The zero-order valence-electron chi connectivity index (χ0n) is 17.1. The van der Waals surface area contributed by atoms with Gasteiger partial charge in [0.1, 0.15) is 5.82 Å². The summed E-state index contributed by atoms with van der Waals surface area (Å²) in [5, 5.41) is 11.4. The van der Waals surface area contributed by atoms with Crippen molar-refractivity contribution in [2.45, 2.75) is 38.6 Å². The van der Waals surface area contributed by atoms with Crippen molar-refractivity contribution in [2.24, 2.45) is 0 Å². The Morgan fingerprint density at radius 2 is 1.90 bits per heavy atom. The summed E-state index contributed by atoms with van der Waals surface area (Å²) in [4.78, 5) is 28.3. The summed E-state index contributed by atoms with van der Waals surface area (Å²) in [7, 11) is 0. The Morgan fingerprint density at radius 1 is 1.21 bits per heavy atom. The maximum absolute atomic E-state index is 14.9. The predicted octanol–water partition coefficient (Wildman–Crippen LogP) is -1.23. The number of fused-ring (bicyclic) bond motifs is 1. The molecule has 2 aromatic rings. The summed E-state index contributed by atoms with van der Waals surface area (Å²) in [6, 6.07) is 3.07.